The summed E-state index contributed by atoms with van der Waals surface area (Å²) < 4.78 is 11.6. The summed E-state index contributed by atoms with van der Waals surface area (Å²) in [7, 11) is 3.31. The normalized spacial score (nSPS) is 10.7. The highest BCUT2D eigenvalue weighted by molar-refractivity contribution is 7.19. The lowest BCUT2D eigenvalue weighted by molar-refractivity contribution is 0.354. The van der Waals surface area contributed by atoms with Crippen LogP contribution in [0, 0.1) is 0 Å². The summed E-state index contributed by atoms with van der Waals surface area (Å²) in [4.78, 5) is 1.13. The van der Waals surface area contributed by atoms with Gasteiger partial charge in [-0.25, -0.2) is 0 Å². The SMILES string of the molecule is CCCNCc1cc(OC)c(OC)cc1-c1ccc(Cl)s1. The second-order valence-electron chi connectivity index (χ2n) is 4.64. The maximum atomic E-state index is 6.07. The smallest absolute Gasteiger partial charge is 0.161 e. The third-order valence-electron chi connectivity index (χ3n) is 3.19. The number of hydrogen-bond donors (Lipinski definition) is 1. The molecule has 0 bridgehead atoms. The number of hydrogen-bond acceptors (Lipinski definition) is 4. The van der Waals surface area contributed by atoms with Crippen LogP contribution in [-0.4, -0.2) is 20.8 Å². The van der Waals surface area contributed by atoms with Crippen molar-refractivity contribution in [2.24, 2.45) is 0 Å². The van der Waals surface area contributed by atoms with Crippen LogP contribution in [0.5, 0.6) is 11.5 Å². The summed E-state index contributed by atoms with van der Waals surface area (Å²) in [5.74, 6) is 1.48. The first kappa shape index (κ1) is 16.1. The molecular formula is C16H20ClNO2S. The number of halogens is 1. The Hall–Kier alpha value is -1.23. The standard InChI is InChI=1S/C16H20ClNO2S/c1-4-7-18-10-11-8-13(19-2)14(20-3)9-12(11)15-5-6-16(17)21-15/h5-6,8-9,18H,4,7,10H2,1-3H3. The lowest BCUT2D eigenvalue weighted by Gasteiger charge is -2.14. The molecule has 5 heteroatoms. The van der Waals surface area contributed by atoms with E-state index < -0.39 is 0 Å². The van der Waals surface area contributed by atoms with E-state index in [9.17, 15) is 0 Å². The van der Waals surface area contributed by atoms with Crippen molar-refractivity contribution in [1.29, 1.82) is 0 Å². The molecule has 0 unspecified atom stereocenters. The zero-order chi connectivity index (χ0) is 15.2. The summed E-state index contributed by atoms with van der Waals surface area (Å²) in [5.41, 5.74) is 2.31. The molecule has 21 heavy (non-hydrogen) atoms. The molecule has 0 fully saturated rings. The maximum Gasteiger partial charge on any atom is 0.161 e. The number of rotatable bonds is 7. The molecule has 0 amide bonds. The van der Waals surface area contributed by atoms with Gasteiger partial charge in [-0.15, -0.1) is 11.3 Å². The van der Waals surface area contributed by atoms with Crippen LogP contribution >= 0.6 is 22.9 Å². The molecule has 0 aliphatic rings. The molecule has 0 aliphatic carbocycles. The Morgan fingerprint density at radius 2 is 1.86 bits per heavy atom. The zero-order valence-electron chi connectivity index (χ0n) is 12.5. The first-order valence-electron chi connectivity index (χ1n) is 6.91. The Bertz CT molecular complexity index is 598. The predicted octanol–water partition coefficient (Wildman–Crippen LogP) is 4.59. The first-order chi connectivity index (χ1) is 10.2. The summed E-state index contributed by atoms with van der Waals surface area (Å²) in [6.07, 6.45) is 1.10. The molecule has 0 saturated heterocycles. The monoisotopic (exact) mass is 325 g/mol. The molecule has 0 spiro atoms. The third kappa shape index (κ3) is 3.90. The Kier molecular flexibility index (Phi) is 5.91. The van der Waals surface area contributed by atoms with E-state index in [1.54, 1.807) is 25.6 Å². The average Bonchev–Trinajstić information content (AvgIpc) is 2.93. The third-order valence-corrected chi connectivity index (χ3v) is 4.45. The summed E-state index contributed by atoms with van der Waals surface area (Å²) >= 11 is 7.64. The van der Waals surface area contributed by atoms with E-state index >= 15 is 0 Å². The van der Waals surface area contributed by atoms with Crippen LogP contribution in [0.2, 0.25) is 4.34 Å². The van der Waals surface area contributed by atoms with Gasteiger partial charge >= 0.3 is 0 Å². The highest BCUT2D eigenvalue weighted by Gasteiger charge is 2.14. The van der Waals surface area contributed by atoms with Crippen molar-refractivity contribution in [2.45, 2.75) is 19.9 Å². The molecule has 1 aromatic heterocycles. The lowest BCUT2D eigenvalue weighted by Crippen LogP contribution is -2.14. The molecular weight excluding hydrogens is 306 g/mol. The topological polar surface area (TPSA) is 30.5 Å². The van der Waals surface area contributed by atoms with Gasteiger partial charge in [0.15, 0.2) is 11.5 Å². The van der Waals surface area contributed by atoms with Crippen molar-refractivity contribution in [3.63, 3.8) is 0 Å². The van der Waals surface area contributed by atoms with Gasteiger partial charge in [0.05, 0.1) is 18.6 Å². The van der Waals surface area contributed by atoms with E-state index in [1.807, 2.05) is 24.3 Å². The van der Waals surface area contributed by atoms with E-state index in [0.29, 0.717) is 0 Å². The number of nitrogens with one attached hydrogen (secondary N) is 1. The average molecular weight is 326 g/mol. The van der Waals surface area contributed by atoms with E-state index in [2.05, 4.69) is 12.2 Å². The quantitative estimate of drug-likeness (QED) is 0.755. The number of ether oxygens (including phenoxy) is 2. The molecule has 114 valence electrons. The molecule has 1 aromatic carbocycles. The number of thiophene rings is 1. The van der Waals surface area contributed by atoms with Crippen LogP contribution < -0.4 is 14.8 Å². The van der Waals surface area contributed by atoms with Gasteiger partial charge in [-0.1, -0.05) is 18.5 Å². The highest BCUT2D eigenvalue weighted by atomic mass is 35.5. The molecule has 3 nitrogen and oxygen atoms in total. The van der Waals surface area contributed by atoms with Crippen molar-refractivity contribution < 1.29 is 9.47 Å². The minimum atomic E-state index is 0.733. The van der Waals surface area contributed by atoms with Gasteiger partial charge in [0.1, 0.15) is 0 Å². The molecule has 0 aliphatic heterocycles. The fourth-order valence-electron chi connectivity index (χ4n) is 2.16. The van der Waals surface area contributed by atoms with Gasteiger partial charge < -0.3 is 14.8 Å². The maximum absolute atomic E-state index is 6.07. The molecule has 2 aromatic rings. The van der Waals surface area contributed by atoms with Gasteiger partial charge in [0.25, 0.3) is 0 Å². The fraction of sp³-hybridized carbons (Fsp3) is 0.375. The van der Waals surface area contributed by atoms with Gasteiger partial charge in [-0.2, -0.15) is 0 Å². The molecule has 1 N–H and O–H groups in total. The second-order valence-corrected chi connectivity index (χ2v) is 6.36. The molecule has 0 radical (unpaired) electrons. The summed E-state index contributed by atoms with van der Waals surface area (Å²) in [6, 6.07) is 8.01. The van der Waals surface area contributed by atoms with Crippen molar-refractivity contribution in [3.8, 4) is 21.9 Å². The molecule has 0 saturated carbocycles. The van der Waals surface area contributed by atoms with Crippen molar-refractivity contribution in [3.05, 3.63) is 34.2 Å². The van der Waals surface area contributed by atoms with E-state index in [0.717, 1.165) is 45.8 Å². The summed E-state index contributed by atoms with van der Waals surface area (Å²) in [5, 5.41) is 3.43. The van der Waals surface area contributed by atoms with Gasteiger partial charge in [-0.3, -0.25) is 0 Å². The van der Waals surface area contributed by atoms with E-state index in [1.165, 1.54) is 5.56 Å². The van der Waals surface area contributed by atoms with E-state index in [4.69, 9.17) is 21.1 Å². The molecule has 1 heterocycles. The lowest BCUT2D eigenvalue weighted by atomic mass is 10.0. The number of methoxy groups -OCH3 is 2. The van der Waals surface area contributed by atoms with Crippen LogP contribution in [-0.2, 0) is 6.54 Å². The molecule has 2 rings (SSSR count). The van der Waals surface area contributed by atoms with Gasteiger partial charge in [0.2, 0.25) is 0 Å². The Balaban J connectivity index is 2.43. The minimum absolute atomic E-state index is 0.733. The zero-order valence-corrected chi connectivity index (χ0v) is 14.1. The Morgan fingerprint density at radius 1 is 1.14 bits per heavy atom. The fourth-order valence-corrected chi connectivity index (χ4v) is 3.25. The van der Waals surface area contributed by atoms with Crippen LogP contribution in [0.1, 0.15) is 18.9 Å². The Morgan fingerprint density at radius 3 is 2.43 bits per heavy atom. The number of benzene rings is 1. The van der Waals surface area contributed by atoms with Crippen LogP contribution in [0.4, 0.5) is 0 Å². The van der Waals surface area contributed by atoms with Crippen LogP contribution in [0.15, 0.2) is 24.3 Å². The highest BCUT2D eigenvalue weighted by Crippen LogP contribution is 2.39. The van der Waals surface area contributed by atoms with Crippen molar-refractivity contribution in [2.75, 3.05) is 20.8 Å². The first-order valence-corrected chi connectivity index (χ1v) is 8.10. The van der Waals surface area contributed by atoms with E-state index in [-0.39, 0.29) is 0 Å². The Labute approximate surface area is 134 Å². The van der Waals surface area contributed by atoms with Gasteiger partial charge in [-0.05, 0) is 42.8 Å². The van der Waals surface area contributed by atoms with Crippen molar-refractivity contribution >= 4 is 22.9 Å². The minimum Gasteiger partial charge on any atom is -0.493 e. The van der Waals surface area contributed by atoms with Crippen LogP contribution in [0.3, 0.4) is 0 Å². The summed E-state index contributed by atoms with van der Waals surface area (Å²) in [6.45, 7) is 3.93. The largest absolute Gasteiger partial charge is 0.493 e. The van der Waals surface area contributed by atoms with Gasteiger partial charge in [0, 0.05) is 17.0 Å². The van der Waals surface area contributed by atoms with Crippen molar-refractivity contribution in [1.82, 2.24) is 5.32 Å². The predicted molar refractivity (Wildman–Crippen MR) is 89.9 cm³/mol. The second kappa shape index (κ2) is 7.69. The molecule has 0 atom stereocenters. The van der Waals surface area contributed by atoms with Crippen LogP contribution in [0.25, 0.3) is 10.4 Å².